The Morgan fingerprint density at radius 1 is 1.10 bits per heavy atom. The standard InChI is InChI=1S/C16H16N2O2/c17-15(19)10-20-18-16-13-7-3-1-5-11(13)9-12-6-2-4-8-14(12)16/h1-8,16,18H,9-10H2,(H2,17,19). The number of rotatable bonds is 4. The van der Waals surface area contributed by atoms with E-state index in [0.29, 0.717) is 0 Å². The number of primary amides is 1. The maximum atomic E-state index is 10.8. The lowest BCUT2D eigenvalue weighted by molar-refractivity contribution is -0.125. The molecule has 0 radical (unpaired) electrons. The van der Waals surface area contributed by atoms with Gasteiger partial charge in [0.1, 0.15) is 6.61 Å². The first-order valence-electron chi connectivity index (χ1n) is 6.57. The molecule has 0 saturated carbocycles. The van der Waals surface area contributed by atoms with Gasteiger partial charge in [0.25, 0.3) is 0 Å². The third-order valence-corrected chi connectivity index (χ3v) is 3.53. The minimum atomic E-state index is -0.491. The SMILES string of the molecule is NC(=O)CONC1c2ccccc2Cc2ccccc21. The van der Waals surface area contributed by atoms with Crippen molar-refractivity contribution >= 4 is 5.91 Å². The van der Waals surface area contributed by atoms with Crippen molar-refractivity contribution in [2.24, 2.45) is 5.73 Å². The molecule has 4 heteroatoms. The number of carbonyl (C=O) groups is 1. The maximum Gasteiger partial charge on any atom is 0.245 e. The molecule has 2 aromatic rings. The van der Waals surface area contributed by atoms with Crippen LogP contribution in [0.2, 0.25) is 0 Å². The molecule has 2 aromatic carbocycles. The fourth-order valence-corrected chi connectivity index (χ4v) is 2.65. The summed E-state index contributed by atoms with van der Waals surface area (Å²) < 4.78 is 0. The van der Waals surface area contributed by atoms with Crippen molar-refractivity contribution < 1.29 is 9.63 Å². The van der Waals surface area contributed by atoms with E-state index in [1.54, 1.807) is 0 Å². The number of nitrogens with two attached hydrogens (primary N) is 1. The van der Waals surface area contributed by atoms with Gasteiger partial charge in [-0.25, -0.2) is 0 Å². The monoisotopic (exact) mass is 268 g/mol. The van der Waals surface area contributed by atoms with E-state index in [0.717, 1.165) is 6.42 Å². The Morgan fingerprint density at radius 2 is 1.65 bits per heavy atom. The summed E-state index contributed by atoms with van der Waals surface area (Å²) in [5, 5.41) is 0. The van der Waals surface area contributed by atoms with Crippen molar-refractivity contribution in [3.05, 3.63) is 70.8 Å². The fourth-order valence-electron chi connectivity index (χ4n) is 2.65. The van der Waals surface area contributed by atoms with Gasteiger partial charge in [0, 0.05) is 0 Å². The highest BCUT2D eigenvalue weighted by molar-refractivity contribution is 5.74. The highest BCUT2D eigenvalue weighted by Gasteiger charge is 2.24. The molecule has 20 heavy (non-hydrogen) atoms. The van der Waals surface area contributed by atoms with E-state index in [-0.39, 0.29) is 12.6 Å². The van der Waals surface area contributed by atoms with Gasteiger partial charge < -0.3 is 5.73 Å². The Labute approximate surface area is 117 Å². The predicted molar refractivity (Wildman–Crippen MR) is 75.8 cm³/mol. The normalized spacial score (nSPS) is 13.6. The van der Waals surface area contributed by atoms with Crippen LogP contribution >= 0.6 is 0 Å². The summed E-state index contributed by atoms with van der Waals surface area (Å²) in [5.41, 5.74) is 13.0. The van der Waals surface area contributed by atoms with Crippen LogP contribution in [0.5, 0.6) is 0 Å². The maximum absolute atomic E-state index is 10.8. The van der Waals surface area contributed by atoms with Crippen molar-refractivity contribution in [1.82, 2.24) is 5.48 Å². The van der Waals surface area contributed by atoms with Crippen LogP contribution in [0.15, 0.2) is 48.5 Å². The van der Waals surface area contributed by atoms with Crippen LogP contribution in [0.3, 0.4) is 0 Å². The van der Waals surface area contributed by atoms with Gasteiger partial charge in [-0.15, -0.1) is 0 Å². The molecule has 1 aliphatic rings. The molecular weight excluding hydrogens is 252 g/mol. The molecule has 0 atom stereocenters. The first-order chi connectivity index (χ1) is 9.75. The van der Waals surface area contributed by atoms with Crippen LogP contribution < -0.4 is 11.2 Å². The van der Waals surface area contributed by atoms with Crippen LogP contribution in [0.4, 0.5) is 0 Å². The third kappa shape index (κ3) is 2.43. The predicted octanol–water partition coefficient (Wildman–Crippen LogP) is 1.69. The van der Waals surface area contributed by atoms with Gasteiger partial charge in [-0.1, -0.05) is 48.5 Å². The van der Waals surface area contributed by atoms with Gasteiger partial charge in [-0.2, -0.15) is 5.48 Å². The van der Waals surface area contributed by atoms with Gasteiger partial charge in [-0.05, 0) is 28.7 Å². The summed E-state index contributed by atoms with van der Waals surface area (Å²) >= 11 is 0. The second-order valence-corrected chi connectivity index (χ2v) is 4.88. The number of nitrogens with one attached hydrogen (secondary N) is 1. The van der Waals surface area contributed by atoms with E-state index >= 15 is 0 Å². The number of benzene rings is 2. The molecule has 3 rings (SSSR count). The van der Waals surface area contributed by atoms with Gasteiger partial charge in [-0.3, -0.25) is 9.63 Å². The summed E-state index contributed by atoms with van der Waals surface area (Å²) in [4.78, 5) is 16.0. The molecule has 102 valence electrons. The zero-order valence-electron chi connectivity index (χ0n) is 11.0. The van der Waals surface area contributed by atoms with Gasteiger partial charge in [0.15, 0.2) is 0 Å². The third-order valence-electron chi connectivity index (χ3n) is 3.53. The number of carbonyl (C=O) groups excluding carboxylic acids is 1. The van der Waals surface area contributed by atoms with Crippen molar-refractivity contribution in [3.63, 3.8) is 0 Å². The Hall–Kier alpha value is -2.17. The largest absolute Gasteiger partial charge is 0.368 e. The summed E-state index contributed by atoms with van der Waals surface area (Å²) in [6.07, 6.45) is 0.917. The average Bonchev–Trinajstić information content (AvgIpc) is 2.46. The molecular formula is C16H16N2O2. The molecule has 0 spiro atoms. The van der Waals surface area contributed by atoms with E-state index in [1.165, 1.54) is 22.3 Å². The second-order valence-electron chi connectivity index (χ2n) is 4.88. The summed E-state index contributed by atoms with van der Waals surface area (Å²) in [5.74, 6) is -0.491. The summed E-state index contributed by atoms with van der Waals surface area (Å²) in [6, 6.07) is 16.4. The Balaban J connectivity index is 1.93. The second kappa shape index (κ2) is 5.45. The first kappa shape index (κ1) is 12.8. The molecule has 0 fully saturated rings. The number of hydroxylamine groups is 1. The lowest BCUT2D eigenvalue weighted by Crippen LogP contribution is -2.31. The van der Waals surface area contributed by atoms with Crippen molar-refractivity contribution in [2.45, 2.75) is 12.5 Å². The fraction of sp³-hybridized carbons (Fsp3) is 0.188. The van der Waals surface area contributed by atoms with Crippen LogP contribution in [0, 0.1) is 0 Å². The molecule has 0 aliphatic heterocycles. The van der Waals surface area contributed by atoms with Gasteiger partial charge in [0.2, 0.25) is 5.91 Å². The van der Waals surface area contributed by atoms with E-state index in [1.807, 2.05) is 24.3 Å². The lowest BCUT2D eigenvalue weighted by atomic mass is 9.83. The quantitative estimate of drug-likeness (QED) is 0.829. The molecule has 0 aromatic heterocycles. The van der Waals surface area contributed by atoms with E-state index < -0.39 is 5.91 Å². The zero-order chi connectivity index (χ0) is 13.9. The smallest absolute Gasteiger partial charge is 0.245 e. The van der Waals surface area contributed by atoms with Crippen LogP contribution in [0.1, 0.15) is 28.3 Å². The number of hydrogen-bond acceptors (Lipinski definition) is 3. The minimum absolute atomic E-state index is 0.0736. The number of amides is 1. The van der Waals surface area contributed by atoms with Crippen LogP contribution in [-0.4, -0.2) is 12.5 Å². The average molecular weight is 268 g/mol. The minimum Gasteiger partial charge on any atom is -0.368 e. The molecule has 3 N–H and O–H groups in total. The van der Waals surface area contributed by atoms with Gasteiger partial charge in [0.05, 0.1) is 6.04 Å². The molecule has 4 nitrogen and oxygen atoms in total. The van der Waals surface area contributed by atoms with Crippen molar-refractivity contribution in [3.8, 4) is 0 Å². The molecule has 0 unspecified atom stereocenters. The molecule has 1 aliphatic carbocycles. The molecule has 1 amide bonds. The van der Waals surface area contributed by atoms with Crippen molar-refractivity contribution in [2.75, 3.05) is 6.61 Å². The number of hydrogen-bond donors (Lipinski definition) is 2. The summed E-state index contributed by atoms with van der Waals surface area (Å²) in [7, 11) is 0. The first-order valence-corrected chi connectivity index (χ1v) is 6.57. The Bertz CT molecular complexity index is 594. The summed E-state index contributed by atoms with van der Waals surface area (Å²) in [6.45, 7) is -0.138. The Morgan fingerprint density at radius 3 is 2.20 bits per heavy atom. The van der Waals surface area contributed by atoms with E-state index in [9.17, 15) is 4.79 Å². The van der Waals surface area contributed by atoms with E-state index in [4.69, 9.17) is 10.6 Å². The highest BCUT2D eigenvalue weighted by Crippen LogP contribution is 2.34. The van der Waals surface area contributed by atoms with Crippen molar-refractivity contribution in [1.29, 1.82) is 0 Å². The zero-order valence-corrected chi connectivity index (χ0v) is 11.0. The lowest BCUT2D eigenvalue weighted by Gasteiger charge is -2.28. The Kier molecular flexibility index (Phi) is 3.50. The van der Waals surface area contributed by atoms with Crippen LogP contribution in [0.25, 0.3) is 0 Å². The van der Waals surface area contributed by atoms with Crippen LogP contribution in [-0.2, 0) is 16.1 Å². The number of fused-ring (bicyclic) bond motifs is 2. The van der Waals surface area contributed by atoms with Gasteiger partial charge >= 0.3 is 0 Å². The van der Waals surface area contributed by atoms with E-state index in [2.05, 4.69) is 29.7 Å². The topological polar surface area (TPSA) is 64.4 Å². The highest BCUT2D eigenvalue weighted by atomic mass is 16.6. The molecule has 0 bridgehead atoms. The molecule has 0 heterocycles. The molecule has 0 saturated heterocycles.